The van der Waals surface area contributed by atoms with Crippen molar-refractivity contribution < 1.29 is 14.0 Å². The maximum Gasteiger partial charge on any atom is 0.142 e. The summed E-state index contributed by atoms with van der Waals surface area (Å²) in [6.45, 7) is 9.23. The Kier molecular flexibility index (Phi) is 3.96. The Labute approximate surface area is 130 Å². The molecule has 1 aromatic carbocycles. The first-order valence-electron chi connectivity index (χ1n) is 7.70. The highest BCUT2D eigenvalue weighted by molar-refractivity contribution is 5.63. The van der Waals surface area contributed by atoms with Crippen molar-refractivity contribution in [3.8, 4) is 11.5 Å². The molecule has 2 aromatic rings. The van der Waals surface area contributed by atoms with Crippen LogP contribution in [0.1, 0.15) is 36.4 Å². The molecule has 0 saturated heterocycles. The van der Waals surface area contributed by atoms with Gasteiger partial charge in [0.15, 0.2) is 0 Å². The smallest absolute Gasteiger partial charge is 0.142 e. The fourth-order valence-corrected chi connectivity index (χ4v) is 2.79. The van der Waals surface area contributed by atoms with Gasteiger partial charge in [0.2, 0.25) is 0 Å². The van der Waals surface area contributed by atoms with Crippen molar-refractivity contribution in [2.75, 3.05) is 11.9 Å². The lowest BCUT2D eigenvalue weighted by atomic mass is 10.1. The van der Waals surface area contributed by atoms with Gasteiger partial charge >= 0.3 is 0 Å². The molecule has 0 amide bonds. The highest BCUT2D eigenvalue weighted by Crippen LogP contribution is 2.38. The summed E-state index contributed by atoms with van der Waals surface area (Å²) in [5.41, 5.74) is 4.14. The van der Waals surface area contributed by atoms with E-state index in [-0.39, 0.29) is 6.10 Å². The summed E-state index contributed by atoms with van der Waals surface area (Å²) in [4.78, 5) is 0. The highest BCUT2D eigenvalue weighted by atomic mass is 16.5. The molecule has 5 nitrogen and oxygen atoms in total. The Morgan fingerprint density at radius 2 is 2.18 bits per heavy atom. The van der Waals surface area contributed by atoms with Crippen LogP contribution in [0.3, 0.4) is 0 Å². The van der Waals surface area contributed by atoms with Gasteiger partial charge in [-0.15, -0.1) is 0 Å². The second kappa shape index (κ2) is 5.91. The minimum atomic E-state index is 0.224. The number of rotatable bonds is 5. The summed E-state index contributed by atoms with van der Waals surface area (Å²) in [7, 11) is 0. The van der Waals surface area contributed by atoms with Gasteiger partial charge in [0.1, 0.15) is 23.4 Å². The van der Waals surface area contributed by atoms with Gasteiger partial charge in [-0.2, -0.15) is 0 Å². The average Bonchev–Trinajstić information content (AvgIpc) is 2.99. The topological polar surface area (TPSA) is 56.5 Å². The third-order valence-corrected chi connectivity index (χ3v) is 3.93. The van der Waals surface area contributed by atoms with Gasteiger partial charge in [-0.25, -0.2) is 0 Å². The van der Waals surface area contributed by atoms with Crippen LogP contribution in [-0.2, 0) is 13.0 Å². The van der Waals surface area contributed by atoms with Crippen LogP contribution in [0.25, 0.3) is 0 Å². The normalized spacial score (nSPS) is 16.3. The molecule has 0 aliphatic carbocycles. The van der Waals surface area contributed by atoms with Crippen molar-refractivity contribution in [2.24, 2.45) is 0 Å². The highest BCUT2D eigenvalue weighted by Gasteiger charge is 2.22. The predicted octanol–water partition coefficient (Wildman–Crippen LogP) is 3.63. The minimum Gasteiger partial charge on any atom is -0.492 e. The number of fused-ring (bicyclic) bond motifs is 1. The van der Waals surface area contributed by atoms with Crippen LogP contribution >= 0.6 is 0 Å². The molecule has 1 N–H and O–H groups in total. The van der Waals surface area contributed by atoms with Crippen molar-refractivity contribution in [3.63, 3.8) is 0 Å². The van der Waals surface area contributed by atoms with E-state index in [0.717, 1.165) is 40.6 Å². The average molecular weight is 302 g/mol. The second-order valence-electron chi connectivity index (χ2n) is 5.68. The van der Waals surface area contributed by atoms with Crippen LogP contribution in [0.5, 0.6) is 11.5 Å². The number of hydrogen-bond acceptors (Lipinski definition) is 5. The van der Waals surface area contributed by atoms with Gasteiger partial charge in [0.05, 0.1) is 18.0 Å². The SMILES string of the molecule is CCOc1cc2c(cc1NCc1c(C)noc1C)OC(C)C2. The summed E-state index contributed by atoms with van der Waals surface area (Å²) in [6, 6.07) is 4.11. The lowest BCUT2D eigenvalue weighted by molar-refractivity contribution is 0.254. The van der Waals surface area contributed by atoms with Gasteiger partial charge in [0, 0.05) is 30.2 Å². The van der Waals surface area contributed by atoms with Crippen LogP contribution in [0.2, 0.25) is 0 Å². The molecule has 1 unspecified atom stereocenters. The molecule has 1 aromatic heterocycles. The lowest BCUT2D eigenvalue weighted by Crippen LogP contribution is -2.05. The van der Waals surface area contributed by atoms with Crippen LogP contribution in [-0.4, -0.2) is 17.9 Å². The van der Waals surface area contributed by atoms with Gasteiger partial charge in [-0.1, -0.05) is 5.16 Å². The van der Waals surface area contributed by atoms with Crippen LogP contribution < -0.4 is 14.8 Å². The van der Waals surface area contributed by atoms with E-state index >= 15 is 0 Å². The number of aromatic nitrogens is 1. The van der Waals surface area contributed by atoms with E-state index in [1.54, 1.807) is 0 Å². The molecule has 0 fully saturated rings. The summed E-state index contributed by atoms with van der Waals surface area (Å²) < 4.78 is 16.8. The summed E-state index contributed by atoms with van der Waals surface area (Å²) in [5, 5.41) is 7.41. The number of benzene rings is 1. The number of nitrogens with one attached hydrogen (secondary N) is 1. The maximum absolute atomic E-state index is 5.84. The first kappa shape index (κ1) is 14.8. The molecule has 1 atom stereocenters. The first-order chi connectivity index (χ1) is 10.6. The number of nitrogens with zero attached hydrogens (tertiary/aromatic N) is 1. The Hall–Kier alpha value is -2.17. The zero-order valence-electron chi connectivity index (χ0n) is 13.5. The fourth-order valence-electron chi connectivity index (χ4n) is 2.79. The molecule has 0 bridgehead atoms. The third-order valence-electron chi connectivity index (χ3n) is 3.93. The molecular weight excluding hydrogens is 280 g/mol. The summed E-state index contributed by atoms with van der Waals surface area (Å²) in [5.74, 6) is 2.65. The molecule has 0 spiro atoms. The molecule has 1 aliphatic rings. The van der Waals surface area contributed by atoms with E-state index in [2.05, 4.69) is 23.5 Å². The minimum absolute atomic E-state index is 0.224. The number of anilines is 1. The maximum atomic E-state index is 5.84. The Morgan fingerprint density at radius 1 is 1.36 bits per heavy atom. The van der Waals surface area contributed by atoms with Crippen molar-refractivity contribution in [1.29, 1.82) is 0 Å². The van der Waals surface area contributed by atoms with Crippen molar-refractivity contribution in [3.05, 3.63) is 34.7 Å². The molecule has 1 aliphatic heterocycles. The summed E-state index contributed by atoms with van der Waals surface area (Å²) in [6.07, 6.45) is 1.15. The Bertz CT molecular complexity index is 659. The number of hydrogen-bond donors (Lipinski definition) is 1. The zero-order chi connectivity index (χ0) is 15.7. The fraction of sp³-hybridized carbons (Fsp3) is 0.471. The van der Waals surface area contributed by atoms with Crippen molar-refractivity contribution >= 4 is 5.69 Å². The predicted molar refractivity (Wildman–Crippen MR) is 84.7 cm³/mol. The summed E-state index contributed by atoms with van der Waals surface area (Å²) >= 11 is 0. The van der Waals surface area contributed by atoms with E-state index in [1.807, 2.05) is 26.8 Å². The van der Waals surface area contributed by atoms with Crippen LogP contribution in [0.15, 0.2) is 16.7 Å². The van der Waals surface area contributed by atoms with E-state index in [1.165, 1.54) is 5.56 Å². The first-order valence-corrected chi connectivity index (χ1v) is 7.70. The van der Waals surface area contributed by atoms with Crippen molar-refractivity contribution in [1.82, 2.24) is 5.16 Å². The van der Waals surface area contributed by atoms with E-state index < -0.39 is 0 Å². The number of ether oxygens (including phenoxy) is 2. The van der Waals surface area contributed by atoms with Crippen LogP contribution in [0, 0.1) is 13.8 Å². The van der Waals surface area contributed by atoms with E-state index in [0.29, 0.717) is 13.2 Å². The van der Waals surface area contributed by atoms with E-state index in [9.17, 15) is 0 Å². The van der Waals surface area contributed by atoms with Gasteiger partial charge in [0.25, 0.3) is 0 Å². The molecule has 2 heterocycles. The molecule has 5 heteroatoms. The molecule has 0 radical (unpaired) electrons. The molecule has 22 heavy (non-hydrogen) atoms. The van der Waals surface area contributed by atoms with Crippen molar-refractivity contribution in [2.45, 2.75) is 46.8 Å². The largest absolute Gasteiger partial charge is 0.492 e. The molecule has 0 saturated carbocycles. The molecule has 118 valence electrons. The Balaban J connectivity index is 1.84. The molecular formula is C17H22N2O3. The molecule has 3 rings (SSSR count). The quantitative estimate of drug-likeness (QED) is 0.914. The zero-order valence-corrected chi connectivity index (χ0v) is 13.5. The van der Waals surface area contributed by atoms with Gasteiger partial charge < -0.3 is 19.3 Å². The Morgan fingerprint density at radius 3 is 2.86 bits per heavy atom. The second-order valence-corrected chi connectivity index (χ2v) is 5.68. The van der Waals surface area contributed by atoms with Gasteiger partial charge in [-0.3, -0.25) is 0 Å². The standard InChI is InChI=1S/C17H22N2O3/c1-5-20-17-7-13-6-10(2)21-16(13)8-15(17)18-9-14-11(3)19-22-12(14)4/h7-8,10,18H,5-6,9H2,1-4H3. The van der Waals surface area contributed by atoms with E-state index in [4.69, 9.17) is 14.0 Å². The lowest BCUT2D eigenvalue weighted by Gasteiger charge is -2.14. The monoisotopic (exact) mass is 302 g/mol. The van der Waals surface area contributed by atoms with Gasteiger partial charge in [-0.05, 0) is 33.8 Å². The van der Waals surface area contributed by atoms with Crippen LogP contribution in [0.4, 0.5) is 5.69 Å². The third kappa shape index (κ3) is 2.75. The number of aryl methyl sites for hydroxylation is 2.